The zero-order chi connectivity index (χ0) is 15.0. The highest BCUT2D eigenvalue weighted by Crippen LogP contribution is 2.34. The van der Waals surface area contributed by atoms with E-state index in [1.165, 1.54) is 11.1 Å². The number of nitrogens with zero attached hydrogens (tertiary/aromatic N) is 3. The minimum Gasteiger partial charge on any atom is -0.330 e. The largest absolute Gasteiger partial charge is 0.330 e. The lowest BCUT2D eigenvalue weighted by Gasteiger charge is -2.25. The van der Waals surface area contributed by atoms with Crippen LogP contribution in [0.2, 0.25) is 0 Å². The number of halogens is 1. The van der Waals surface area contributed by atoms with Crippen LogP contribution in [-0.2, 0) is 7.05 Å². The number of carbonyl (C=O) groups excluding carboxylic acids is 1. The van der Waals surface area contributed by atoms with Gasteiger partial charge >= 0.3 is 0 Å². The van der Waals surface area contributed by atoms with Gasteiger partial charge in [0.1, 0.15) is 5.69 Å². The maximum absolute atomic E-state index is 12.8. The summed E-state index contributed by atoms with van der Waals surface area (Å²) < 4.78 is 2.39. The van der Waals surface area contributed by atoms with Gasteiger partial charge in [0, 0.05) is 13.6 Å². The second kappa shape index (κ2) is 5.64. The van der Waals surface area contributed by atoms with Gasteiger partial charge in [-0.25, -0.2) is 0 Å². The normalized spacial score (nSPS) is 18.2. The Hall–Kier alpha value is -1.62. The third-order valence-corrected chi connectivity index (χ3v) is 4.65. The van der Waals surface area contributed by atoms with Gasteiger partial charge in [0.2, 0.25) is 0 Å². The number of hydrogen-bond donors (Lipinski definition) is 0. The van der Waals surface area contributed by atoms with E-state index in [4.69, 9.17) is 0 Å². The molecule has 4 nitrogen and oxygen atoms in total. The molecule has 1 aromatic carbocycles. The van der Waals surface area contributed by atoms with Crippen LogP contribution in [0.15, 0.2) is 34.9 Å². The van der Waals surface area contributed by atoms with E-state index in [-0.39, 0.29) is 11.9 Å². The highest BCUT2D eigenvalue weighted by Gasteiger charge is 2.32. The van der Waals surface area contributed by atoms with Gasteiger partial charge in [-0.15, -0.1) is 0 Å². The maximum Gasteiger partial charge on any atom is 0.273 e. The Labute approximate surface area is 132 Å². The average molecular weight is 348 g/mol. The molecule has 1 saturated heterocycles. The van der Waals surface area contributed by atoms with Crippen LogP contribution in [0.25, 0.3) is 0 Å². The highest BCUT2D eigenvalue weighted by atomic mass is 79.9. The minimum atomic E-state index is 0.0463. The van der Waals surface area contributed by atoms with Gasteiger partial charge in [0.15, 0.2) is 0 Å². The van der Waals surface area contributed by atoms with E-state index in [2.05, 4.69) is 52.2 Å². The quantitative estimate of drug-likeness (QED) is 0.834. The molecule has 5 heteroatoms. The van der Waals surface area contributed by atoms with Crippen LogP contribution in [0, 0.1) is 6.92 Å². The predicted octanol–water partition coefficient (Wildman–Crippen LogP) is 3.47. The van der Waals surface area contributed by atoms with Crippen LogP contribution in [0.3, 0.4) is 0 Å². The first-order valence-electron chi connectivity index (χ1n) is 7.13. The molecule has 1 aliphatic heterocycles. The summed E-state index contributed by atoms with van der Waals surface area (Å²) in [5.74, 6) is 0.0463. The van der Waals surface area contributed by atoms with Crippen molar-refractivity contribution in [3.05, 3.63) is 51.8 Å². The van der Waals surface area contributed by atoms with Crippen molar-refractivity contribution in [3.63, 3.8) is 0 Å². The molecule has 21 heavy (non-hydrogen) atoms. The lowest BCUT2D eigenvalue weighted by molar-refractivity contribution is 0.0723. The molecule has 2 heterocycles. The fourth-order valence-electron chi connectivity index (χ4n) is 2.93. The second-order valence-corrected chi connectivity index (χ2v) is 6.39. The van der Waals surface area contributed by atoms with Crippen molar-refractivity contribution in [2.75, 3.05) is 6.54 Å². The van der Waals surface area contributed by atoms with Crippen molar-refractivity contribution in [1.29, 1.82) is 0 Å². The summed E-state index contributed by atoms with van der Waals surface area (Å²) in [5, 5.41) is 4.14. The first kappa shape index (κ1) is 14.3. The molecule has 1 aromatic heterocycles. The molecule has 0 N–H and O–H groups in total. The van der Waals surface area contributed by atoms with Crippen molar-refractivity contribution in [2.24, 2.45) is 7.05 Å². The fourth-order valence-corrected chi connectivity index (χ4v) is 3.45. The lowest BCUT2D eigenvalue weighted by Crippen LogP contribution is -2.32. The summed E-state index contributed by atoms with van der Waals surface area (Å²) in [5.41, 5.74) is 3.07. The van der Waals surface area contributed by atoms with Crippen LogP contribution >= 0.6 is 15.9 Å². The number of hydrogen-bond acceptors (Lipinski definition) is 2. The summed E-state index contributed by atoms with van der Waals surface area (Å²) >= 11 is 3.42. The second-order valence-electron chi connectivity index (χ2n) is 5.53. The van der Waals surface area contributed by atoms with E-state index in [0.717, 1.165) is 23.9 Å². The standard InChI is InChI=1S/C16H18BrN3O/c1-11-5-7-12(8-6-11)14-4-3-9-20(14)16(21)15-13(17)10-18-19(15)2/h5-8,10,14H,3-4,9H2,1-2H3/t14-/m1/s1. The molecular weight excluding hydrogens is 330 g/mol. The van der Waals surface area contributed by atoms with E-state index < -0.39 is 0 Å². The molecule has 0 radical (unpaired) electrons. The maximum atomic E-state index is 12.8. The van der Waals surface area contributed by atoms with Crippen molar-refractivity contribution < 1.29 is 4.79 Å². The topological polar surface area (TPSA) is 38.1 Å². The van der Waals surface area contributed by atoms with Gasteiger partial charge in [0.05, 0.1) is 16.7 Å². The van der Waals surface area contributed by atoms with Crippen molar-refractivity contribution in [3.8, 4) is 0 Å². The van der Waals surface area contributed by atoms with Crippen LogP contribution in [0.1, 0.15) is 40.5 Å². The van der Waals surface area contributed by atoms with Crippen LogP contribution in [0.5, 0.6) is 0 Å². The van der Waals surface area contributed by atoms with Crippen LogP contribution < -0.4 is 0 Å². The molecule has 0 aliphatic carbocycles. The number of likely N-dealkylation sites (tertiary alicyclic amines) is 1. The first-order valence-corrected chi connectivity index (χ1v) is 7.92. The van der Waals surface area contributed by atoms with E-state index in [9.17, 15) is 4.79 Å². The van der Waals surface area contributed by atoms with E-state index in [1.54, 1.807) is 17.9 Å². The zero-order valence-electron chi connectivity index (χ0n) is 12.2. The molecule has 110 valence electrons. The zero-order valence-corrected chi connectivity index (χ0v) is 13.8. The van der Waals surface area contributed by atoms with Gasteiger partial charge < -0.3 is 4.90 Å². The Kier molecular flexibility index (Phi) is 3.85. The summed E-state index contributed by atoms with van der Waals surface area (Å²) in [6, 6.07) is 8.64. The Balaban J connectivity index is 1.90. The molecule has 1 atom stereocenters. The Morgan fingerprint density at radius 2 is 2.05 bits per heavy atom. The predicted molar refractivity (Wildman–Crippen MR) is 85.1 cm³/mol. The molecule has 0 spiro atoms. The summed E-state index contributed by atoms with van der Waals surface area (Å²) in [6.07, 6.45) is 3.73. The Bertz CT molecular complexity index is 643. The lowest BCUT2D eigenvalue weighted by atomic mass is 10.0. The van der Waals surface area contributed by atoms with Crippen molar-refractivity contribution in [2.45, 2.75) is 25.8 Å². The van der Waals surface area contributed by atoms with Crippen LogP contribution in [0.4, 0.5) is 0 Å². The van der Waals surface area contributed by atoms with Crippen molar-refractivity contribution >= 4 is 21.8 Å². The Morgan fingerprint density at radius 1 is 1.33 bits per heavy atom. The van der Waals surface area contributed by atoms with Gasteiger partial charge in [-0.2, -0.15) is 5.10 Å². The van der Waals surface area contributed by atoms with Gasteiger partial charge in [-0.05, 0) is 41.3 Å². The monoisotopic (exact) mass is 347 g/mol. The average Bonchev–Trinajstić information content (AvgIpc) is 3.07. The number of aryl methyl sites for hydroxylation is 2. The van der Waals surface area contributed by atoms with Gasteiger partial charge in [-0.1, -0.05) is 29.8 Å². The number of aromatic nitrogens is 2. The third-order valence-electron chi connectivity index (χ3n) is 4.07. The number of carbonyl (C=O) groups is 1. The molecular formula is C16H18BrN3O. The molecule has 0 bridgehead atoms. The summed E-state index contributed by atoms with van der Waals surface area (Å²) in [4.78, 5) is 14.8. The highest BCUT2D eigenvalue weighted by molar-refractivity contribution is 9.10. The summed E-state index contributed by atoms with van der Waals surface area (Å²) in [7, 11) is 1.80. The van der Waals surface area contributed by atoms with Crippen molar-refractivity contribution in [1.82, 2.24) is 14.7 Å². The molecule has 3 rings (SSSR count). The summed E-state index contributed by atoms with van der Waals surface area (Å²) in [6.45, 7) is 2.88. The molecule has 1 fully saturated rings. The number of amides is 1. The fraction of sp³-hybridized carbons (Fsp3) is 0.375. The van der Waals surface area contributed by atoms with Gasteiger partial charge in [-0.3, -0.25) is 9.48 Å². The Morgan fingerprint density at radius 3 is 2.67 bits per heavy atom. The van der Waals surface area contributed by atoms with E-state index in [0.29, 0.717) is 5.69 Å². The van der Waals surface area contributed by atoms with E-state index >= 15 is 0 Å². The number of benzene rings is 1. The molecule has 2 aromatic rings. The van der Waals surface area contributed by atoms with Crippen LogP contribution in [-0.4, -0.2) is 27.1 Å². The smallest absolute Gasteiger partial charge is 0.273 e. The molecule has 1 aliphatic rings. The van der Waals surface area contributed by atoms with Gasteiger partial charge in [0.25, 0.3) is 5.91 Å². The first-order chi connectivity index (χ1) is 10.1. The SMILES string of the molecule is Cc1ccc([C@H]2CCCN2C(=O)c2c(Br)cnn2C)cc1. The number of rotatable bonds is 2. The third kappa shape index (κ3) is 2.62. The molecule has 1 amide bonds. The van der Waals surface area contributed by atoms with E-state index in [1.807, 2.05) is 4.90 Å². The molecule has 0 saturated carbocycles. The molecule has 0 unspecified atom stereocenters. The minimum absolute atomic E-state index is 0.0463.